The molecule has 126 valence electrons. The van der Waals surface area contributed by atoms with Crippen molar-refractivity contribution in [2.75, 3.05) is 12.9 Å². The number of methoxy groups -OCH3 is 1. The van der Waals surface area contributed by atoms with Gasteiger partial charge in [0.2, 0.25) is 5.91 Å². The van der Waals surface area contributed by atoms with E-state index >= 15 is 0 Å². The average Bonchev–Trinajstić information content (AvgIpc) is 3.00. The Morgan fingerprint density at radius 1 is 1.42 bits per heavy atom. The number of carbonyl (C=O) groups excluding carboxylic acids is 1. The normalized spacial score (nSPS) is 15.8. The first-order chi connectivity index (χ1) is 11.6. The Labute approximate surface area is 144 Å². The van der Waals surface area contributed by atoms with Gasteiger partial charge in [-0.05, 0) is 24.6 Å². The van der Waals surface area contributed by atoms with Crippen molar-refractivity contribution in [1.82, 2.24) is 14.9 Å². The molecule has 1 unspecified atom stereocenters. The third kappa shape index (κ3) is 3.46. The molecule has 0 saturated carbocycles. The van der Waals surface area contributed by atoms with Crippen molar-refractivity contribution in [3.8, 4) is 5.75 Å². The van der Waals surface area contributed by atoms with Gasteiger partial charge in [0, 0.05) is 30.5 Å². The predicted octanol–water partition coefficient (Wildman–Crippen LogP) is 1.91. The highest BCUT2D eigenvalue weighted by atomic mass is 32.2. The lowest BCUT2D eigenvalue weighted by atomic mass is 10.2. The van der Waals surface area contributed by atoms with Crippen molar-refractivity contribution in [1.29, 1.82) is 0 Å². The molecule has 1 aliphatic heterocycles. The number of rotatable bonds is 5. The van der Waals surface area contributed by atoms with E-state index in [2.05, 4.69) is 10.3 Å². The van der Waals surface area contributed by atoms with E-state index in [-0.39, 0.29) is 23.9 Å². The van der Waals surface area contributed by atoms with Crippen molar-refractivity contribution in [3.05, 3.63) is 51.9 Å². The first kappa shape index (κ1) is 16.6. The number of nitrogens with one attached hydrogen (secondary N) is 1. The molecule has 1 aliphatic rings. The van der Waals surface area contributed by atoms with Gasteiger partial charge in [-0.1, -0.05) is 23.9 Å². The zero-order valence-electron chi connectivity index (χ0n) is 13.6. The van der Waals surface area contributed by atoms with Crippen molar-refractivity contribution < 1.29 is 9.53 Å². The molecule has 0 fully saturated rings. The molecule has 1 atom stereocenters. The van der Waals surface area contributed by atoms with Gasteiger partial charge in [0.15, 0.2) is 5.16 Å². The number of nitrogens with zero attached hydrogens (tertiary/aromatic N) is 2. The molecule has 0 spiro atoms. The summed E-state index contributed by atoms with van der Waals surface area (Å²) in [6.07, 6.45) is 1.87. The lowest BCUT2D eigenvalue weighted by Crippen LogP contribution is -2.31. The van der Waals surface area contributed by atoms with Gasteiger partial charge in [0.05, 0.1) is 13.2 Å². The number of amides is 1. The lowest BCUT2D eigenvalue weighted by Gasteiger charge is -2.13. The Balaban J connectivity index is 1.60. The standard InChI is InChI=1S/C17H19N3O3S/c1-11-8-19-17-20(16(11)22)13(10-24-17)7-15(21)18-9-12-3-5-14(23-2)6-4-12/h3-6,8,13H,7,9-10H2,1-2H3,(H,18,21). The van der Waals surface area contributed by atoms with E-state index in [9.17, 15) is 9.59 Å². The number of hydrogen-bond acceptors (Lipinski definition) is 5. The molecule has 1 aromatic carbocycles. The Morgan fingerprint density at radius 3 is 2.88 bits per heavy atom. The number of carbonyl (C=O) groups is 1. The SMILES string of the molecule is COc1ccc(CNC(=O)CC2CSc3ncc(C)c(=O)n32)cc1. The molecule has 3 rings (SSSR count). The van der Waals surface area contributed by atoms with Crippen LogP contribution in [0.2, 0.25) is 0 Å². The fourth-order valence-electron chi connectivity index (χ4n) is 2.60. The molecule has 7 heteroatoms. The minimum absolute atomic E-state index is 0.0574. The van der Waals surface area contributed by atoms with Gasteiger partial charge in [-0.25, -0.2) is 4.98 Å². The zero-order chi connectivity index (χ0) is 17.1. The molecular formula is C17H19N3O3S. The third-order valence-electron chi connectivity index (χ3n) is 3.97. The number of thioether (sulfide) groups is 1. The maximum Gasteiger partial charge on any atom is 0.257 e. The minimum atomic E-state index is -0.138. The molecule has 1 aromatic heterocycles. The molecule has 0 bridgehead atoms. The van der Waals surface area contributed by atoms with Gasteiger partial charge >= 0.3 is 0 Å². The zero-order valence-corrected chi connectivity index (χ0v) is 14.4. The predicted molar refractivity (Wildman–Crippen MR) is 92.5 cm³/mol. The Kier molecular flexibility index (Phi) is 4.89. The van der Waals surface area contributed by atoms with Crippen LogP contribution in [0.1, 0.15) is 23.6 Å². The van der Waals surface area contributed by atoms with E-state index in [1.165, 1.54) is 11.8 Å². The fraction of sp³-hybridized carbons (Fsp3) is 0.353. The largest absolute Gasteiger partial charge is 0.497 e. The summed E-state index contributed by atoms with van der Waals surface area (Å²) in [6.45, 7) is 2.20. The second-order valence-electron chi connectivity index (χ2n) is 5.69. The molecule has 1 N–H and O–H groups in total. The van der Waals surface area contributed by atoms with Crippen molar-refractivity contribution in [2.24, 2.45) is 0 Å². The van der Waals surface area contributed by atoms with Crippen molar-refractivity contribution in [3.63, 3.8) is 0 Å². The Morgan fingerprint density at radius 2 is 2.17 bits per heavy atom. The number of aryl methyl sites for hydroxylation is 1. The summed E-state index contributed by atoms with van der Waals surface area (Å²) >= 11 is 1.52. The fourth-order valence-corrected chi connectivity index (χ4v) is 3.71. The first-order valence-corrected chi connectivity index (χ1v) is 8.67. The van der Waals surface area contributed by atoms with Gasteiger partial charge in [-0.15, -0.1) is 0 Å². The van der Waals surface area contributed by atoms with Gasteiger partial charge in [-0.2, -0.15) is 0 Å². The second-order valence-corrected chi connectivity index (χ2v) is 6.68. The van der Waals surface area contributed by atoms with Crippen LogP contribution in [0.25, 0.3) is 0 Å². The highest BCUT2D eigenvalue weighted by Gasteiger charge is 2.27. The van der Waals surface area contributed by atoms with Crippen LogP contribution in [0.3, 0.4) is 0 Å². The molecular weight excluding hydrogens is 326 g/mol. The quantitative estimate of drug-likeness (QED) is 0.838. The molecule has 1 amide bonds. The van der Waals surface area contributed by atoms with Crippen LogP contribution in [-0.4, -0.2) is 28.3 Å². The van der Waals surface area contributed by atoms with Gasteiger partial charge < -0.3 is 10.1 Å². The summed E-state index contributed by atoms with van der Waals surface area (Å²) in [4.78, 5) is 28.7. The number of fused-ring (bicyclic) bond motifs is 1. The van der Waals surface area contributed by atoms with Crippen LogP contribution in [0.4, 0.5) is 0 Å². The Bertz CT molecular complexity index is 802. The molecule has 24 heavy (non-hydrogen) atoms. The van der Waals surface area contributed by atoms with Gasteiger partial charge in [0.25, 0.3) is 5.56 Å². The summed E-state index contributed by atoms with van der Waals surface area (Å²) in [5.74, 6) is 1.41. The smallest absolute Gasteiger partial charge is 0.257 e. The van der Waals surface area contributed by atoms with Crippen LogP contribution in [0, 0.1) is 6.92 Å². The van der Waals surface area contributed by atoms with Crippen molar-refractivity contribution in [2.45, 2.75) is 31.1 Å². The first-order valence-electron chi connectivity index (χ1n) is 7.69. The van der Waals surface area contributed by atoms with E-state index in [4.69, 9.17) is 4.74 Å². The molecule has 0 aliphatic carbocycles. The third-order valence-corrected chi connectivity index (χ3v) is 5.08. The molecule has 2 heterocycles. The van der Waals surface area contributed by atoms with Crippen LogP contribution in [0.15, 0.2) is 40.4 Å². The lowest BCUT2D eigenvalue weighted by molar-refractivity contribution is -0.121. The van der Waals surface area contributed by atoms with Crippen molar-refractivity contribution >= 4 is 17.7 Å². The van der Waals surface area contributed by atoms with E-state index in [1.807, 2.05) is 24.3 Å². The summed E-state index contributed by atoms with van der Waals surface area (Å²) < 4.78 is 6.76. The van der Waals surface area contributed by atoms with Crippen LogP contribution in [-0.2, 0) is 11.3 Å². The molecule has 0 saturated heterocycles. The number of aromatic nitrogens is 2. The maximum absolute atomic E-state index is 12.3. The molecule has 0 radical (unpaired) electrons. The number of hydrogen-bond donors (Lipinski definition) is 1. The molecule has 6 nitrogen and oxygen atoms in total. The minimum Gasteiger partial charge on any atom is -0.497 e. The highest BCUT2D eigenvalue weighted by molar-refractivity contribution is 7.99. The summed E-state index contributed by atoms with van der Waals surface area (Å²) in [5.41, 5.74) is 1.54. The van der Waals surface area contributed by atoms with Crippen LogP contribution in [0.5, 0.6) is 5.75 Å². The number of benzene rings is 1. The summed E-state index contributed by atoms with van der Waals surface area (Å²) in [6, 6.07) is 7.41. The van der Waals surface area contributed by atoms with E-state index in [1.54, 1.807) is 24.8 Å². The van der Waals surface area contributed by atoms with Crippen LogP contribution < -0.4 is 15.6 Å². The van der Waals surface area contributed by atoms with Gasteiger partial charge in [-0.3, -0.25) is 14.2 Å². The average molecular weight is 345 g/mol. The molecule has 2 aromatic rings. The monoisotopic (exact) mass is 345 g/mol. The topological polar surface area (TPSA) is 73.2 Å². The van der Waals surface area contributed by atoms with E-state index in [0.717, 1.165) is 11.3 Å². The number of ether oxygens (including phenoxy) is 1. The Hall–Kier alpha value is -2.28. The van der Waals surface area contributed by atoms with Crippen LogP contribution >= 0.6 is 11.8 Å². The maximum atomic E-state index is 12.3. The summed E-state index contributed by atoms with van der Waals surface area (Å²) in [5, 5.41) is 3.60. The van der Waals surface area contributed by atoms with E-state index < -0.39 is 0 Å². The summed E-state index contributed by atoms with van der Waals surface area (Å²) in [7, 11) is 1.62. The highest BCUT2D eigenvalue weighted by Crippen LogP contribution is 2.31. The second kappa shape index (κ2) is 7.09. The van der Waals surface area contributed by atoms with Gasteiger partial charge in [0.1, 0.15) is 5.75 Å². The van der Waals surface area contributed by atoms with E-state index in [0.29, 0.717) is 23.0 Å².